The molecule has 96 valence electrons. The highest BCUT2D eigenvalue weighted by Crippen LogP contribution is 2.07. The molecule has 0 aliphatic carbocycles. The first-order chi connectivity index (χ1) is 7.57. The van der Waals surface area contributed by atoms with Crippen LogP contribution in [0.3, 0.4) is 0 Å². The summed E-state index contributed by atoms with van der Waals surface area (Å²) in [4.78, 5) is 11.4. The van der Waals surface area contributed by atoms with Crippen LogP contribution in [0.4, 0.5) is 0 Å². The molecule has 0 aliphatic rings. The number of hydrogen-bond acceptors (Lipinski definition) is 3. The van der Waals surface area contributed by atoms with Crippen LogP contribution in [0, 0.1) is 5.92 Å². The molecule has 4 heteroatoms. The SMILES string of the molecule is CCCC(N)C(=O)NCCCSCC(C)C. The summed E-state index contributed by atoms with van der Waals surface area (Å²) in [5.74, 6) is 3.05. The summed E-state index contributed by atoms with van der Waals surface area (Å²) < 4.78 is 0. The summed E-state index contributed by atoms with van der Waals surface area (Å²) in [5, 5.41) is 2.88. The molecular weight excluding hydrogens is 220 g/mol. The van der Waals surface area contributed by atoms with Crippen LogP contribution in [0.15, 0.2) is 0 Å². The monoisotopic (exact) mass is 246 g/mol. The Morgan fingerprint density at radius 2 is 2.12 bits per heavy atom. The third-order valence-electron chi connectivity index (χ3n) is 2.15. The Labute approximate surface area is 104 Å². The van der Waals surface area contributed by atoms with E-state index in [1.807, 2.05) is 18.7 Å². The molecule has 1 atom stereocenters. The molecule has 0 aromatic rings. The van der Waals surface area contributed by atoms with Gasteiger partial charge in [-0.3, -0.25) is 4.79 Å². The number of carbonyl (C=O) groups is 1. The van der Waals surface area contributed by atoms with Crippen LogP contribution in [0.5, 0.6) is 0 Å². The van der Waals surface area contributed by atoms with Crippen LogP contribution >= 0.6 is 11.8 Å². The zero-order valence-electron chi connectivity index (χ0n) is 10.8. The van der Waals surface area contributed by atoms with Crippen molar-refractivity contribution in [3.63, 3.8) is 0 Å². The first kappa shape index (κ1) is 15.8. The molecule has 0 saturated heterocycles. The minimum Gasteiger partial charge on any atom is -0.355 e. The molecule has 0 aliphatic heterocycles. The first-order valence-electron chi connectivity index (χ1n) is 6.19. The molecule has 0 aromatic heterocycles. The highest BCUT2D eigenvalue weighted by atomic mass is 32.2. The fourth-order valence-electron chi connectivity index (χ4n) is 1.28. The Morgan fingerprint density at radius 1 is 1.44 bits per heavy atom. The molecular formula is C12H26N2OS. The summed E-state index contributed by atoms with van der Waals surface area (Å²) in [6.45, 7) is 7.23. The summed E-state index contributed by atoms with van der Waals surface area (Å²) in [5.41, 5.74) is 5.69. The zero-order valence-corrected chi connectivity index (χ0v) is 11.6. The Hall–Kier alpha value is -0.220. The summed E-state index contributed by atoms with van der Waals surface area (Å²) >= 11 is 1.95. The van der Waals surface area contributed by atoms with E-state index in [1.165, 1.54) is 5.75 Å². The van der Waals surface area contributed by atoms with Gasteiger partial charge in [-0.2, -0.15) is 11.8 Å². The van der Waals surface area contributed by atoms with Crippen LogP contribution in [-0.2, 0) is 4.79 Å². The number of hydrogen-bond donors (Lipinski definition) is 2. The molecule has 0 radical (unpaired) electrons. The maximum Gasteiger partial charge on any atom is 0.236 e. The van der Waals surface area contributed by atoms with Crippen LogP contribution in [0.25, 0.3) is 0 Å². The van der Waals surface area contributed by atoms with Crippen molar-refractivity contribution in [1.82, 2.24) is 5.32 Å². The Kier molecular flexibility index (Phi) is 9.83. The second kappa shape index (κ2) is 9.97. The fraction of sp³-hybridized carbons (Fsp3) is 0.917. The van der Waals surface area contributed by atoms with Crippen LogP contribution < -0.4 is 11.1 Å². The van der Waals surface area contributed by atoms with Crippen molar-refractivity contribution in [3.8, 4) is 0 Å². The summed E-state index contributed by atoms with van der Waals surface area (Å²) in [6.07, 6.45) is 2.76. The van der Waals surface area contributed by atoms with Gasteiger partial charge in [0.2, 0.25) is 5.91 Å². The van der Waals surface area contributed by atoms with E-state index >= 15 is 0 Å². The summed E-state index contributed by atoms with van der Waals surface area (Å²) in [7, 11) is 0. The Morgan fingerprint density at radius 3 is 2.69 bits per heavy atom. The maximum atomic E-state index is 11.4. The van der Waals surface area contributed by atoms with E-state index in [-0.39, 0.29) is 11.9 Å². The fourth-order valence-corrected chi connectivity index (χ4v) is 2.26. The number of rotatable bonds is 9. The zero-order chi connectivity index (χ0) is 12.4. The van der Waals surface area contributed by atoms with Gasteiger partial charge in [-0.1, -0.05) is 27.2 Å². The normalized spacial score (nSPS) is 12.8. The van der Waals surface area contributed by atoms with Crippen molar-refractivity contribution in [2.75, 3.05) is 18.1 Å². The lowest BCUT2D eigenvalue weighted by molar-refractivity contribution is -0.122. The largest absolute Gasteiger partial charge is 0.355 e. The third-order valence-corrected chi connectivity index (χ3v) is 3.63. The van der Waals surface area contributed by atoms with E-state index in [0.29, 0.717) is 0 Å². The van der Waals surface area contributed by atoms with Crippen molar-refractivity contribution in [3.05, 3.63) is 0 Å². The Bertz CT molecular complexity index is 186. The van der Waals surface area contributed by atoms with E-state index in [0.717, 1.165) is 37.5 Å². The van der Waals surface area contributed by atoms with Gasteiger partial charge in [-0.15, -0.1) is 0 Å². The van der Waals surface area contributed by atoms with Crippen molar-refractivity contribution >= 4 is 17.7 Å². The first-order valence-corrected chi connectivity index (χ1v) is 7.34. The number of thioether (sulfide) groups is 1. The molecule has 1 amide bonds. The molecule has 0 rings (SSSR count). The predicted molar refractivity (Wildman–Crippen MR) is 72.7 cm³/mol. The van der Waals surface area contributed by atoms with E-state index in [9.17, 15) is 4.79 Å². The van der Waals surface area contributed by atoms with Gasteiger partial charge >= 0.3 is 0 Å². The lowest BCUT2D eigenvalue weighted by atomic mass is 10.2. The van der Waals surface area contributed by atoms with E-state index in [2.05, 4.69) is 19.2 Å². The minimum atomic E-state index is -0.326. The van der Waals surface area contributed by atoms with Crippen molar-refractivity contribution in [1.29, 1.82) is 0 Å². The van der Waals surface area contributed by atoms with E-state index < -0.39 is 0 Å². The molecule has 0 heterocycles. The van der Waals surface area contributed by atoms with Gasteiger partial charge in [0, 0.05) is 6.54 Å². The lowest BCUT2D eigenvalue weighted by Gasteiger charge is -2.11. The lowest BCUT2D eigenvalue weighted by Crippen LogP contribution is -2.40. The average molecular weight is 246 g/mol. The smallest absolute Gasteiger partial charge is 0.236 e. The topological polar surface area (TPSA) is 55.1 Å². The van der Waals surface area contributed by atoms with E-state index in [1.54, 1.807) is 0 Å². The molecule has 0 spiro atoms. The standard InChI is InChI=1S/C12H26N2OS/c1-4-6-11(13)12(15)14-7-5-8-16-9-10(2)3/h10-11H,4-9,13H2,1-3H3,(H,14,15). The van der Waals surface area contributed by atoms with Gasteiger partial charge in [-0.25, -0.2) is 0 Å². The molecule has 16 heavy (non-hydrogen) atoms. The number of nitrogens with one attached hydrogen (secondary N) is 1. The van der Waals surface area contributed by atoms with Crippen LogP contribution in [-0.4, -0.2) is 30.0 Å². The second-order valence-electron chi connectivity index (χ2n) is 4.51. The minimum absolute atomic E-state index is 0.00397. The predicted octanol–water partition coefficient (Wildman–Crippen LogP) is 2.01. The number of nitrogens with two attached hydrogens (primary N) is 1. The van der Waals surface area contributed by atoms with Gasteiger partial charge in [0.15, 0.2) is 0 Å². The highest BCUT2D eigenvalue weighted by molar-refractivity contribution is 7.99. The van der Waals surface area contributed by atoms with E-state index in [4.69, 9.17) is 5.73 Å². The molecule has 0 fully saturated rings. The molecule has 0 bridgehead atoms. The molecule has 0 saturated carbocycles. The van der Waals surface area contributed by atoms with Gasteiger partial charge in [-0.05, 0) is 30.3 Å². The average Bonchev–Trinajstić information content (AvgIpc) is 2.22. The van der Waals surface area contributed by atoms with Crippen molar-refractivity contribution < 1.29 is 4.79 Å². The molecule has 0 aromatic carbocycles. The molecule has 3 N–H and O–H groups in total. The second-order valence-corrected chi connectivity index (χ2v) is 5.66. The maximum absolute atomic E-state index is 11.4. The quantitative estimate of drug-likeness (QED) is 0.612. The molecule has 1 unspecified atom stereocenters. The van der Waals surface area contributed by atoms with Crippen molar-refractivity contribution in [2.45, 2.75) is 46.1 Å². The van der Waals surface area contributed by atoms with Crippen LogP contribution in [0.1, 0.15) is 40.0 Å². The van der Waals surface area contributed by atoms with Gasteiger partial charge in [0.1, 0.15) is 0 Å². The van der Waals surface area contributed by atoms with Gasteiger partial charge in [0.05, 0.1) is 6.04 Å². The number of carbonyl (C=O) groups excluding carboxylic acids is 1. The van der Waals surface area contributed by atoms with Crippen molar-refractivity contribution in [2.24, 2.45) is 11.7 Å². The highest BCUT2D eigenvalue weighted by Gasteiger charge is 2.10. The number of amides is 1. The molecule has 3 nitrogen and oxygen atoms in total. The summed E-state index contributed by atoms with van der Waals surface area (Å²) in [6, 6.07) is -0.326. The van der Waals surface area contributed by atoms with Gasteiger partial charge < -0.3 is 11.1 Å². The third kappa shape index (κ3) is 9.04. The van der Waals surface area contributed by atoms with Crippen LogP contribution in [0.2, 0.25) is 0 Å². The Balaban J connectivity index is 3.34. The van der Waals surface area contributed by atoms with Gasteiger partial charge in [0.25, 0.3) is 0 Å².